The Morgan fingerprint density at radius 1 is 1.11 bits per heavy atom. The van der Waals surface area contributed by atoms with E-state index in [9.17, 15) is 13.2 Å². The van der Waals surface area contributed by atoms with Gasteiger partial charge in [0.1, 0.15) is 5.82 Å². The van der Waals surface area contributed by atoms with Gasteiger partial charge in [-0.2, -0.15) is 0 Å². The fourth-order valence-electron chi connectivity index (χ4n) is 2.79. The lowest BCUT2D eigenvalue weighted by molar-refractivity contribution is 0.0972. The molecule has 0 aromatic heterocycles. The van der Waals surface area contributed by atoms with E-state index in [0.717, 1.165) is 25.3 Å². The van der Waals surface area contributed by atoms with Gasteiger partial charge >= 0.3 is 0 Å². The summed E-state index contributed by atoms with van der Waals surface area (Å²) in [4.78, 5) is 0. The molecule has 2 nitrogen and oxygen atoms in total. The highest BCUT2D eigenvalue weighted by atomic mass is 19.2. The van der Waals surface area contributed by atoms with Crippen molar-refractivity contribution in [3.8, 4) is 0 Å². The normalized spacial score (nSPS) is 30.1. The van der Waals surface area contributed by atoms with Crippen LogP contribution in [0, 0.1) is 17.5 Å². The van der Waals surface area contributed by atoms with Crippen LogP contribution in [-0.2, 0) is 11.3 Å². The number of nitrogens with one attached hydrogen (secondary N) is 1. The lowest BCUT2D eigenvalue weighted by Gasteiger charge is -2.20. The fraction of sp³-hybridized carbons (Fsp3) is 0.538. The van der Waals surface area contributed by atoms with E-state index in [1.165, 1.54) is 0 Å². The second kappa shape index (κ2) is 4.55. The molecular weight excluding hydrogens is 243 g/mol. The molecule has 2 bridgehead atoms. The Bertz CT molecular complexity index is 466. The van der Waals surface area contributed by atoms with Gasteiger partial charge in [0.05, 0.1) is 12.2 Å². The second-order valence-electron chi connectivity index (χ2n) is 4.95. The fourth-order valence-corrected chi connectivity index (χ4v) is 2.79. The van der Waals surface area contributed by atoms with Gasteiger partial charge in [-0.3, -0.25) is 0 Å². The van der Waals surface area contributed by atoms with Crippen LogP contribution in [0.5, 0.6) is 0 Å². The maximum atomic E-state index is 13.4. The van der Waals surface area contributed by atoms with E-state index in [0.29, 0.717) is 12.2 Å². The first-order chi connectivity index (χ1) is 8.63. The predicted octanol–water partition coefficient (Wildman–Crippen LogP) is 2.51. The summed E-state index contributed by atoms with van der Waals surface area (Å²) in [7, 11) is 0. The summed E-state index contributed by atoms with van der Waals surface area (Å²) in [5.74, 6) is -2.89. The Morgan fingerprint density at radius 2 is 1.89 bits per heavy atom. The van der Waals surface area contributed by atoms with E-state index in [1.54, 1.807) is 0 Å². The minimum absolute atomic E-state index is 0.150. The van der Waals surface area contributed by atoms with Crippen LogP contribution in [-0.4, -0.2) is 18.2 Å². The lowest BCUT2D eigenvalue weighted by Crippen LogP contribution is -2.37. The predicted molar refractivity (Wildman–Crippen MR) is 59.5 cm³/mol. The summed E-state index contributed by atoms with van der Waals surface area (Å²) in [5, 5.41) is 3.16. The second-order valence-corrected chi connectivity index (χ2v) is 4.95. The van der Waals surface area contributed by atoms with Crippen LogP contribution in [0.2, 0.25) is 0 Å². The molecule has 2 heterocycles. The number of ether oxygens (including phenoxy) is 1. The van der Waals surface area contributed by atoms with Crippen LogP contribution in [0.1, 0.15) is 24.8 Å². The molecule has 98 valence electrons. The summed E-state index contributed by atoms with van der Waals surface area (Å²) >= 11 is 0. The third-order valence-electron chi connectivity index (χ3n) is 3.75. The SMILES string of the molecule is Fc1cc(F)c(CNC2CC3CCC2O3)cc1F. The molecule has 3 rings (SSSR count). The molecule has 3 atom stereocenters. The van der Waals surface area contributed by atoms with E-state index in [1.807, 2.05) is 0 Å². The topological polar surface area (TPSA) is 21.3 Å². The molecule has 3 unspecified atom stereocenters. The van der Waals surface area contributed by atoms with Gasteiger partial charge in [0.25, 0.3) is 0 Å². The van der Waals surface area contributed by atoms with Gasteiger partial charge < -0.3 is 10.1 Å². The number of hydrogen-bond acceptors (Lipinski definition) is 2. The highest BCUT2D eigenvalue weighted by molar-refractivity contribution is 5.20. The quantitative estimate of drug-likeness (QED) is 0.840. The number of hydrogen-bond donors (Lipinski definition) is 1. The number of benzene rings is 1. The van der Waals surface area contributed by atoms with Crippen LogP contribution in [0.15, 0.2) is 12.1 Å². The Kier molecular flexibility index (Phi) is 3.03. The molecule has 0 spiro atoms. The van der Waals surface area contributed by atoms with Crippen LogP contribution < -0.4 is 5.32 Å². The Morgan fingerprint density at radius 3 is 2.56 bits per heavy atom. The molecule has 2 saturated heterocycles. The molecule has 2 aliphatic rings. The largest absolute Gasteiger partial charge is 0.373 e. The Labute approximate surface area is 103 Å². The zero-order chi connectivity index (χ0) is 12.7. The van der Waals surface area contributed by atoms with Gasteiger partial charge in [0, 0.05) is 24.2 Å². The van der Waals surface area contributed by atoms with Gasteiger partial charge in [-0.15, -0.1) is 0 Å². The average molecular weight is 257 g/mol. The molecule has 1 aromatic carbocycles. The van der Waals surface area contributed by atoms with Crippen molar-refractivity contribution in [3.05, 3.63) is 35.1 Å². The highest BCUT2D eigenvalue weighted by Crippen LogP contribution is 2.34. The zero-order valence-electron chi connectivity index (χ0n) is 9.76. The van der Waals surface area contributed by atoms with Crippen molar-refractivity contribution < 1.29 is 17.9 Å². The minimum Gasteiger partial charge on any atom is -0.373 e. The molecule has 2 aliphatic heterocycles. The van der Waals surface area contributed by atoms with Crippen molar-refractivity contribution >= 4 is 0 Å². The lowest BCUT2D eigenvalue weighted by atomic mass is 9.95. The van der Waals surface area contributed by atoms with Crippen LogP contribution in [0.3, 0.4) is 0 Å². The van der Waals surface area contributed by atoms with Crippen molar-refractivity contribution in [2.75, 3.05) is 0 Å². The first-order valence-corrected chi connectivity index (χ1v) is 6.16. The van der Waals surface area contributed by atoms with E-state index >= 15 is 0 Å². The summed E-state index contributed by atoms with van der Waals surface area (Å²) < 4.78 is 44.9. The summed E-state index contributed by atoms with van der Waals surface area (Å²) in [6.07, 6.45) is 3.51. The molecular formula is C13H14F3NO. The molecule has 5 heteroatoms. The number of halogens is 3. The summed E-state index contributed by atoms with van der Waals surface area (Å²) in [6.45, 7) is 0.195. The number of fused-ring (bicyclic) bond motifs is 2. The monoisotopic (exact) mass is 257 g/mol. The first-order valence-electron chi connectivity index (χ1n) is 6.16. The first kappa shape index (κ1) is 12.0. The summed E-state index contributed by atoms with van der Waals surface area (Å²) in [6, 6.07) is 1.69. The van der Waals surface area contributed by atoms with Crippen molar-refractivity contribution in [1.82, 2.24) is 5.32 Å². The summed E-state index contributed by atoms with van der Waals surface area (Å²) in [5.41, 5.74) is 0.150. The van der Waals surface area contributed by atoms with Gasteiger partial charge in [-0.1, -0.05) is 0 Å². The molecule has 2 fully saturated rings. The molecule has 1 N–H and O–H groups in total. The number of rotatable bonds is 3. The molecule has 0 aliphatic carbocycles. The maximum Gasteiger partial charge on any atom is 0.161 e. The smallest absolute Gasteiger partial charge is 0.161 e. The van der Waals surface area contributed by atoms with Crippen LogP contribution in [0.4, 0.5) is 13.2 Å². The molecule has 0 radical (unpaired) electrons. The van der Waals surface area contributed by atoms with Gasteiger partial charge in [-0.05, 0) is 25.3 Å². The zero-order valence-corrected chi connectivity index (χ0v) is 9.76. The van der Waals surface area contributed by atoms with Crippen molar-refractivity contribution in [1.29, 1.82) is 0 Å². The van der Waals surface area contributed by atoms with Gasteiger partial charge in [0.15, 0.2) is 11.6 Å². The van der Waals surface area contributed by atoms with Crippen molar-refractivity contribution in [2.24, 2.45) is 0 Å². The molecule has 1 aromatic rings. The van der Waals surface area contributed by atoms with E-state index in [2.05, 4.69) is 5.32 Å². The van der Waals surface area contributed by atoms with Gasteiger partial charge in [-0.25, -0.2) is 13.2 Å². The van der Waals surface area contributed by atoms with Crippen LogP contribution in [0.25, 0.3) is 0 Å². The molecule has 0 amide bonds. The van der Waals surface area contributed by atoms with Crippen molar-refractivity contribution in [2.45, 2.75) is 44.1 Å². The Hall–Kier alpha value is -1.07. The van der Waals surface area contributed by atoms with E-state index in [4.69, 9.17) is 4.74 Å². The Balaban J connectivity index is 1.65. The molecule has 18 heavy (non-hydrogen) atoms. The third kappa shape index (κ3) is 2.12. The molecule has 0 saturated carbocycles. The van der Waals surface area contributed by atoms with Crippen molar-refractivity contribution in [3.63, 3.8) is 0 Å². The van der Waals surface area contributed by atoms with E-state index < -0.39 is 17.5 Å². The third-order valence-corrected chi connectivity index (χ3v) is 3.75. The standard InChI is InChI=1S/C13H14F3NO/c14-9-5-11(16)10(15)3-7(9)6-17-12-4-8-1-2-13(12)18-8/h3,5,8,12-13,17H,1-2,4,6H2. The minimum atomic E-state index is -1.15. The highest BCUT2D eigenvalue weighted by Gasteiger charge is 2.40. The van der Waals surface area contributed by atoms with Gasteiger partial charge in [0.2, 0.25) is 0 Å². The van der Waals surface area contributed by atoms with Crippen LogP contribution >= 0.6 is 0 Å². The maximum absolute atomic E-state index is 13.4. The average Bonchev–Trinajstić information content (AvgIpc) is 2.94. The van der Waals surface area contributed by atoms with E-state index in [-0.39, 0.29) is 24.3 Å².